The molecule has 0 radical (unpaired) electrons. The molecule has 5 heteroatoms. The normalized spacial score (nSPS) is 18.1. The van der Waals surface area contributed by atoms with Crippen molar-refractivity contribution in [1.82, 2.24) is 4.90 Å². The SMILES string of the molecule is Cc1ccc(NC(=O)C(=O)N2CCC(CCO)C2)cc1. The van der Waals surface area contributed by atoms with E-state index in [1.54, 1.807) is 17.0 Å². The van der Waals surface area contributed by atoms with E-state index in [0.29, 0.717) is 31.1 Å². The summed E-state index contributed by atoms with van der Waals surface area (Å²) in [4.78, 5) is 25.5. The fourth-order valence-corrected chi connectivity index (χ4v) is 2.40. The maximum absolute atomic E-state index is 12.0. The molecule has 1 unspecified atom stereocenters. The minimum atomic E-state index is -0.599. The second-order valence-electron chi connectivity index (χ2n) is 5.24. The van der Waals surface area contributed by atoms with E-state index in [9.17, 15) is 9.59 Å². The van der Waals surface area contributed by atoms with E-state index < -0.39 is 11.8 Å². The van der Waals surface area contributed by atoms with Gasteiger partial charge in [0.15, 0.2) is 0 Å². The Labute approximate surface area is 118 Å². The first kappa shape index (κ1) is 14.5. The molecule has 2 rings (SSSR count). The van der Waals surface area contributed by atoms with Crippen molar-refractivity contribution in [2.45, 2.75) is 19.8 Å². The van der Waals surface area contributed by atoms with Crippen molar-refractivity contribution < 1.29 is 14.7 Å². The molecule has 1 saturated heterocycles. The molecule has 1 fully saturated rings. The van der Waals surface area contributed by atoms with E-state index in [1.807, 2.05) is 19.1 Å². The van der Waals surface area contributed by atoms with E-state index in [-0.39, 0.29) is 6.61 Å². The van der Waals surface area contributed by atoms with E-state index in [1.165, 1.54) is 0 Å². The molecular formula is C15H20N2O3. The van der Waals surface area contributed by atoms with Crippen LogP contribution in [-0.4, -0.2) is 41.5 Å². The number of carbonyl (C=O) groups is 2. The molecule has 0 spiro atoms. The summed E-state index contributed by atoms with van der Waals surface area (Å²) in [7, 11) is 0. The number of nitrogens with zero attached hydrogens (tertiary/aromatic N) is 1. The van der Waals surface area contributed by atoms with Crippen LogP contribution in [0.3, 0.4) is 0 Å². The van der Waals surface area contributed by atoms with Crippen LogP contribution >= 0.6 is 0 Å². The van der Waals surface area contributed by atoms with E-state index in [0.717, 1.165) is 12.0 Å². The lowest BCUT2D eigenvalue weighted by Crippen LogP contribution is -2.38. The van der Waals surface area contributed by atoms with Crippen molar-refractivity contribution >= 4 is 17.5 Å². The molecule has 1 aromatic rings. The van der Waals surface area contributed by atoms with Crippen molar-refractivity contribution in [3.05, 3.63) is 29.8 Å². The molecule has 1 aliphatic rings. The van der Waals surface area contributed by atoms with Crippen molar-refractivity contribution in [3.8, 4) is 0 Å². The average molecular weight is 276 g/mol. The standard InChI is InChI=1S/C15H20N2O3/c1-11-2-4-13(5-3-11)16-14(19)15(20)17-8-6-12(10-17)7-9-18/h2-5,12,18H,6-10H2,1H3,(H,16,19). The second kappa shape index (κ2) is 6.52. The van der Waals surface area contributed by atoms with Gasteiger partial charge in [0.25, 0.3) is 0 Å². The molecular weight excluding hydrogens is 256 g/mol. The molecule has 0 aromatic heterocycles. The first-order chi connectivity index (χ1) is 9.60. The van der Waals surface area contributed by atoms with Gasteiger partial charge in [0.2, 0.25) is 0 Å². The topological polar surface area (TPSA) is 69.6 Å². The van der Waals surface area contributed by atoms with Crippen LogP contribution in [0.1, 0.15) is 18.4 Å². The van der Waals surface area contributed by atoms with Gasteiger partial charge in [-0.1, -0.05) is 17.7 Å². The van der Waals surface area contributed by atoms with Gasteiger partial charge < -0.3 is 15.3 Å². The number of nitrogens with one attached hydrogen (secondary N) is 1. The maximum atomic E-state index is 12.0. The molecule has 20 heavy (non-hydrogen) atoms. The first-order valence-electron chi connectivity index (χ1n) is 6.88. The monoisotopic (exact) mass is 276 g/mol. The number of rotatable bonds is 3. The highest BCUT2D eigenvalue weighted by Gasteiger charge is 2.29. The fourth-order valence-electron chi connectivity index (χ4n) is 2.40. The predicted octanol–water partition coefficient (Wildman–Crippen LogP) is 1.16. The van der Waals surface area contributed by atoms with Gasteiger partial charge in [-0.05, 0) is 37.8 Å². The highest BCUT2D eigenvalue weighted by atomic mass is 16.3. The zero-order chi connectivity index (χ0) is 14.5. The molecule has 1 aromatic carbocycles. The molecule has 0 bridgehead atoms. The summed E-state index contributed by atoms with van der Waals surface area (Å²) in [5, 5.41) is 11.5. The van der Waals surface area contributed by atoms with Gasteiger partial charge in [0, 0.05) is 25.4 Å². The number of likely N-dealkylation sites (tertiary alicyclic amines) is 1. The van der Waals surface area contributed by atoms with Crippen LogP contribution in [0.15, 0.2) is 24.3 Å². The summed E-state index contributed by atoms with van der Waals surface area (Å²) in [6.07, 6.45) is 1.54. The largest absolute Gasteiger partial charge is 0.396 e. The molecule has 0 aliphatic carbocycles. The molecule has 5 nitrogen and oxygen atoms in total. The van der Waals surface area contributed by atoms with Gasteiger partial charge in [0.05, 0.1) is 0 Å². The number of carbonyl (C=O) groups excluding carboxylic acids is 2. The lowest BCUT2D eigenvalue weighted by atomic mass is 10.1. The number of anilines is 1. The number of amides is 2. The smallest absolute Gasteiger partial charge is 0.313 e. The first-order valence-corrected chi connectivity index (χ1v) is 6.88. The van der Waals surface area contributed by atoms with Gasteiger partial charge in [-0.2, -0.15) is 0 Å². The van der Waals surface area contributed by atoms with E-state index in [4.69, 9.17) is 5.11 Å². The zero-order valence-corrected chi connectivity index (χ0v) is 11.6. The molecule has 0 saturated carbocycles. The Morgan fingerprint density at radius 3 is 2.70 bits per heavy atom. The summed E-state index contributed by atoms with van der Waals surface area (Å²) in [6, 6.07) is 7.32. The van der Waals surface area contributed by atoms with Crippen LogP contribution in [0.2, 0.25) is 0 Å². The van der Waals surface area contributed by atoms with Gasteiger partial charge in [-0.25, -0.2) is 0 Å². The Kier molecular flexibility index (Phi) is 4.74. The van der Waals surface area contributed by atoms with Crippen molar-refractivity contribution in [3.63, 3.8) is 0 Å². The lowest BCUT2D eigenvalue weighted by molar-refractivity contribution is -0.142. The molecule has 2 N–H and O–H groups in total. The van der Waals surface area contributed by atoms with Crippen molar-refractivity contribution in [2.75, 3.05) is 25.0 Å². The van der Waals surface area contributed by atoms with Gasteiger partial charge >= 0.3 is 11.8 Å². The number of benzene rings is 1. The Bertz CT molecular complexity index is 484. The van der Waals surface area contributed by atoms with Gasteiger partial charge in [0.1, 0.15) is 0 Å². The van der Waals surface area contributed by atoms with Crippen molar-refractivity contribution in [1.29, 1.82) is 0 Å². The summed E-state index contributed by atoms with van der Waals surface area (Å²) in [5.41, 5.74) is 1.72. The summed E-state index contributed by atoms with van der Waals surface area (Å²) < 4.78 is 0. The lowest BCUT2D eigenvalue weighted by Gasteiger charge is -2.15. The molecule has 108 valence electrons. The van der Waals surface area contributed by atoms with Crippen LogP contribution in [0, 0.1) is 12.8 Å². The fraction of sp³-hybridized carbons (Fsp3) is 0.467. The third-order valence-corrected chi connectivity index (χ3v) is 3.61. The predicted molar refractivity (Wildman–Crippen MR) is 76.2 cm³/mol. The quantitative estimate of drug-likeness (QED) is 0.814. The summed E-state index contributed by atoms with van der Waals surface area (Å²) >= 11 is 0. The summed E-state index contributed by atoms with van der Waals surface area (Å²) in [6.45, 7) is 3.23. The van der Waals surface area contributed by atoms with Gasteiger partial charge in [-0.3, -0.25) is 9.59 Å². The Morgan fingerprint density at radius 2 is 2.05 bits per heavy atom. The second-order valence-corrected chi connectivity index (χ2v) is 5.24. The Balaban J connectivity index is 1.89. The van der Waals surface area contributed by atoms with Crippen LogP contribution < -0.4 is 5.32 Å². The minimum absolute atomic E-state index is 0.127. The highest BCUT2D eigenvalue weighted by molar-refractivity contribution is 6.39. The Morgan fingerprint density at radius 1 is 1.35 bits per heavy atom. The number of aliphatic hydroxyl groups excluding tert-OH is 1. The summed E-state index contributed by atoms with van der Waals surface area (Å²) in [5.74, 6) is -0.791. The molecule has 2 amide bonds. The van der Waals surface area contributed by atoms with E-state index >= 15 is 0 Å². The number of aliphatic hydroxyl groups is 1. The maximum Gasteiger partial charge on any atom is 0.313 e. The average Bonchev–Trinajstić information content (AvgIpc) is 2.89. The van der Waals surface area contributed by atoms with Crippen LogP contribution in [0.5, 0.6) is 0 Å². The zero-order valence-electron chi connectivity index (χ0n) is 11.6. The number of aryl methyl sites for hydroxylation is 1. The van der Waals surface area contributed by atoms with Crippen LogP contribution in [-0.2, 0) is 9.59 Å². The number of hydrogen-bond donors (Lipinski definition) is 2. The van der Waals surface area contributed by atoms with Crippen LogP contribution in [0.4, 0.5) is 5.69 Å². The number of hydrogen-bond acceptors (Lipinski definition) is 3. The van der Waals surface area contributed by atoms with Crippen LogP contribution in [0.25, 0.3) is 0 Å². The third kappa shape index (κ3) is 3.57. The van der Waals surface area contributed by atoms with Gasteiger partial charge in [-0.15, -0.1) is 0 Å². The van der Waals surface area contributed by atoms with E-state index in [2.05, 4.69) is 5.32 Å². The molecule has 1 aliphatic heterocycles. The molecule has 1 heterocycles. The minimum Gasteiger partial charge on any atom is -0.396 e. The molecule has 1 atom stereocenters. The van der Waals surface area contributed by atoms with Crippen molar-refractivity contribution in [2.24, 2.45) is 5.92 Å². The Hall–Kier alpha value is -1.88. The third-order valence-electron chi connectivity index (χ3n) is 3.61. The highest BCUT2D eigenvalue weighted by Crippen LogP contribution is 2.19.